The fraction of sp³-hybridized carbons (Fsp3) is 0.0909. The zero-order valence-corrected chi connectivity index (χ0v) is 31.2. The quantitative estimate of drug-likeness (QED) is 0.177. The molecule has 3 aliphatic carbocycles. The van der Waals surface area contributed by atoms with Crippen LogP contribution in [0.2, 0.25) is 0 Å². The predicted octanol–water partition coefficient (Wildman–Crippen LogP) is 13.5. The molecule has 8 aromatic rings. The van der Waals surface area contributed by atoms with Crippen LogP contribution >= 0.6 is 0 Å². The Morgan fingerprint density at radius 1 is 0.464 bits per heavy atom. The van der Waals surface area contributed by atoms with Crippen molar-refractivity contribution >= 4 is 10.8 Å². The molecule has 0 N–H and O–H groups in total. The Kier molecular flexibility index (Phi) is 6.58. The Morgan fingerprint density at radius 2 is 1.02 bits per heavy atom. The van der Waals surface area contributed by atoms with Crippen molar-refractivity contribution in [3.63, 3.8) is 0 Å². The van der Waals surface area contributed by atoms with Crippen molar-refractivity contribution in [3.8, 4) is 50.3 Å². The van der Waals surface area contributed by atoms with Gasteiger partial charge in [0.25, 0.3) is 0 Å². The van der Waals surface area contributed by atoms with Crippen LogP contribution in [0.5, 0.6) is 5.75 Å². The van der Waals surface area contributed by atoms with Gasteiger partial charge in [-0.3, -0.25) is 0 Å². The molecule has 0 fully saturated rings. The Bertz CT molecular complexity index is 2950. The first-order valence-electron chi connectivity index (χ1n) is 19.9. The molecule has 264 valence electrons. The van der Waals surface area contributed by atoms with Gasteiger partial charge in [-0.25, -0.2) is 0 Å². The molecule has 0 aromatic heterocycles. The van der Waals surface area contributed by atoms with Crippen LogP contribution in [-0.2, 0) is 10.8 Å². The molecule has 0 saturated carbocycles. The molecular formula is C55H38O. The number of allylic oxidation sites excluding steroid dienone is 2. The molecular weight excluding hydrogens is 677 g/mol. The van der Waals surface area contributed by atoms with Gasteiger partial charge in [-0.05, 0) is 96.3 Å². The van der Waals surface area contributed by atoms with E-state index >= 15 is 0 Å². The molecule has 1 heterocycles. The van der Waals surface area contributed by atoms with E-state index in [-0.39, 0.29) is 11.5 Å². The Hall–Kier alpha value is -6.70. The summed E-state index contributed by atoms with van der Waals surface area (Å²) in [6, 6.07) is 65.6. The lowest BCUT2D eigenvalue weighted by Crippen LogP contribution is -2.42. The molecule has 1 nitrogen and oxygen atoms in total. The largest absolute Gasteiger partial charge is 0.485 e. The highest BCUT2D eigenvalue weighted by Crippen LogP contribution is 2.63. The monoisotopic (exact) mass is 714 g/mol. The van der Waals surface area contributed by atoms with E-state index in [4.69, 9.17) is 4.74 Å². The third-order valence-corrected chi connectivity index (χ3v) is 13.4. The van der Waals surface area contributed by atoms with Gasteiger partial charge in [0.2, 0.25) is 0 Å². The second-order valence-corrected chi connectivity index (χ2v) is 15.9. The van der Waals surface area contributed by atoms with Crippen molar-refractivity contribution in [2.75, 3.05) is 0 Å². The van der Waals surface area contributed by atoms with Gasteiger partial charge in [0.15, 0.2) is 0 Å². The van der Waals surface area contributed by atoms with Crippen molar-refractivity contribution in [3.05, 3.63) is 233 Å². The molecule has 56 heavy (non-hydrogen) atoms. The SMILES string of the molecule is CC1(c2ccccc2)c2ccccc2-c2c(-c3ccccc3-c3cc4c(c5ccccc35)OC3CC=CC=C3C43c4ccccc4-c4ccccc43)cccc21. The number of benzene rings is 8. The van der Waals surface area contributed by atoms with Crippen LogP contribution < -0.4 is 4.74 Å². The molecule has 8 aromatic carbocycles. The average Bonchev–Trinajstić information content (AvgIpc) is 3.71. The predicted molar refractivity (Wildman–Crippen MR) is 230 cm³/mol. The second kappa shape index (κ2) is 11.7. The highest BCUT2D eigenvalue weighted by molar-refractivity contribution is 6.07. The maximum atomic E-state index is 7.22. The third-order valence-electron chi connectivity index (χ3n) is 13.4. The van der Waals surface area contributed by atoms with E-state index in [1.165, 1.54) is 88.8 Å². The molecule has 0 bridgehead atoms. The summed E-state index contributed by atoms with van der Waals surface area (Å²) in [6.07, 6.45) is 7.62. The van der Waals surface area contributed by atoms with Crippen LogP contribution in [0.25, 0.3) is 55.3 Å². The number of rotatable bonds is 3. The first-order valence-corrected chi connectivity index (χ1v) is 19.9. The number of hydrogen-bond acceptors (Lipinski definition) is 1. The van der Waals surface area contributed by atoms with Crippen LogP contribution in [0, 0.1) is 0 Å². The van der Waals surface area contributed by atoms with Crippen LogP contribution in [-0.4, -0.2) is 6.10 Å². The third kappa shape index (κ3) is 4.00. The molecule has 0 radical (unpaired) electrons. The molecule has 1 aliphatic heterocycles. The van der Waals surface area contributed by atoms with Gasteiger partial charge < -0.3 is 4.74 Å². The van der Waals surface area contributed by atoms with Gasteiger partial charge in [0, 0.05) is 22.8 Å². The van der Waals surface area contributed by atoms with E-state index in [9.17, 15) is 0 Å². The number of fused-ring (bicyclic) bond motifs is 14. The van der Waals surface area contributed by atoms with Gasteiger partial charge in [-0.2, -0.15) is 0 Å². The smallest absolute Gasteiger partial charge is 0.132 e. The van der Waals surface area contributed by atoms with Crippen molar-refractivity contribution in [2.45, 2.75) is 30.3 Å². The van der Waals surface area contributed by atoms with Crippen molar-refractivity contribution in [1.29, 1.82) is 0 Å². The highest BCUT2D eigenvalue weighted by Gasteiger charge is 2.54. The summed E-state index contributed by atoms with van der Waals surface area (Å²) in [4.78, 5) is 0. The minimum atomic E-state index is -0.492. The lowest BCUT2D eigenvalue weighted by molar-refractivity contribution is 0.208. The Balaban J connectivity index is 1.17. The zero-order chi connectivity index (χ0) is 37.0. The van der Waals surface area contributed by atoms with E-state index in [0.717, 1.165) is 17.6 Å². The summed E-state index contributed by atoms with van der Waals surface area (Å²) >= 11 is 0. The summed E-state index contributed by atoms with van der Waals surface area (Å²) in [5.74, 6) is 0.999. The standard InChI is InChI=1S/C55H38O/c1-54(35-18-3-2-4-19-35)45-28-12-11-26-43(45)52-41(27-17-32-49(52)54)36-20-5-6-21-37(36)44-34-50-53(42-25-8-7-22-38(42)44)56-51-33-16-15-31-48(51)55(50)46-29-13-9-23-39(46)40-24-10-14-30-47(40)55/h2-32,34,51H,33H2,1H3. The van der Waals surface area contributed by atoms with Gasteiger partial charge in [0.05, 0.1) is 5.41 Å². The normalized spacial score (nSPS) is 18.9. The lowest BCUT2D eigenvalue weighted by atomic mass is 9.62. The summed E-state index contributed by atoms with van der Waals surface area (Å²) in [6.45, 7) is 2.40. The van der Waals surface area contributed by atoms with E-state index in [1.807, 2.05) is 0 Å². The van der Waals surface area contributed by atoms with E-state index in [2.05, 4.69) is 201 Å². The molecule has 1 spiro atoms. The minimum Gasteiger partial charge on any atom is -0.485 e. The molecule has 12 rings (SSSR count). The van der Waals surface area contributed by atoms with Gasteiger partial charge >= 0.3 is 0 Å². The highest BCUT2D eigenvalue weighted by atomic mass is 16.5. The minimum absolute atomic E-state index is 0.0563. The van der Waals surface area contributed by atoms with Gasteiger partial charge in [0.1, 0.15) is 11.9 Å². The maximum absolute atomic E-state index is 7.22. The first-order chi connectivity index (χ1) is 27.7. The second-order valence-electron chi connectivity index (χ2n) is 15.9. The van der Waals surface area contributed by atoms with Gasteiger partial charge in [-0.1, -0.05) is 188 Å². The van der Waals surface area contributed by atoms with Crippen molar-refractivity contribution in [1.82, 2.24) is 0 Å². The van der Waals surface area contributed by atoms with Crippen LogP contribution in [0.3, 0.4) is 0 Å². The topological polar surface area (TPSA) is 9.23 Å². The maximum Gasteiger partial charge on any atom is 0.132 e. The average molecular weight is 715 g/mol. The Morgan fingerprint density at radius 3 is 1.75 bits per heavy atom. The first kappa shape index (κ1) is 31.6. The molecule has 1 heteroatoms. The summed E-state index contributed by atoms with van der Waals surface area (Å²) < 4.78 is 7.22. The molecule has 2 atom stereocenters. The molecule has 2 unspecified atom stereocenters. The molecule has 0 saturated heterocycles. The summed E-state index contributed by atoms with van der Waals surface area (Å²) in [7, 11) is 0. The number of hydrogen-bond donors (Lipinski definition) is 0. The van der Waals surface area contributed by atoms with Gasteiger partial charge in [-0.15, -0.1) is 0 Å². The lowest BCUT2D eigenvalue weighted by Gasteiger charge is -2.45. The van der Waals surface area contributed by atoms with E-state index < -0.39 is 5.41 Å². The summed E-state index contributed by atoms with van der Waals surface area (Å²) in [5.41, 5.74) is 18.6. The van der Waals surface area contributed by atoms with Crippen molar-refractivity contribution < 1.29 is 4.74 Å². The van der Waals surface area contributed by atoms with E-state index in [0.29, 0.717) is 0 Å². The fourth-order valence-electron chi connectivity index (χ4n) is 11.0. The number of ether oxygens (including phenoxy) is 1. The van der Waals surface area contributed by atoms with E-state index in [1.54, 1.807) is 0 Å². The fourth-order valence-corrected chi connectivity index (χ4v) is 11.0. The zero-order valence-electron chi connectivity index (χ0n) is 31.2. The van der Waals surface area contributed by atoms with Crippen LogP contribution in [0.4, 0.5) is 0 Å². The molecule has 0 amide bonds. The van der Waals surface area contributed by atoms with Crippen molar-refractivity contribution in [2.24, 2.45) is 0 Å². The van der Waals surface area contributed by atoms with Crippen LogP contribution in [0.1, 0.15) is 46.7 Å². The van der Waals surface area contributed by atoms with Crippen LogP contribution in [0.15, 0.2) is 200 Å². The molecule has 4 aliphatic rings. The Labute approximate surface area is 327 Å². The summed E-state index contributed by atoms with van der Waals surface area (Å²) in [5, 5.41) is 2.36.